The molecule has 1 amide bonds. The van der Waals surface area contributed by atoms with Crippen LogP contribution in [0.4, 0.5) is 5.69 Å². The van der Waals surface area contributed by atoms with Crippen molar-refractivity contribution in [2.24, 2.45) is 5.92 Å². The summed E-state index contributed by atoms with van der Waals surface area (Å²) in [5.74, 6) is -0.289. The van der Waals surface area contributed by atoms with Crippen molar-refractivity contribution >= 4 is 11.6 Å². The third-order valence-corrected chi connectivity index (χ3v) is 2.80. The fraction of sp³-hybridized carbons (Fsp3) is 0.231. The molecular weight excluding hydrogens is 230 g/mol. The Morgan fingerprint density at radius 3 is 2.61 bits per heavy atom. The second-order valence-corrected chi connectivity index (χ2v) is 3.95. The maximum absolute atomic E-state index is 12.1. The molecule has 1 aliphatic rings. The predicted molar refractivity (Wildman–Crippen MR) is 66.5 cm³/mol. The molecule has 2 rings (SSSR count). The van der Waals surface area contributed by atoms with E-state index in [1.165, 1.54) is 5.01 Å². The van der Waals surface area contributed by atoms with Gasteiger partial charge in [-0.25, -0.2) is 5.01 Å². The summed E-state index contributed by atoms with van der Waals surface area (Å²) in [6.45, 7) is 1.75. The van der Waals surface area contributed by atoms with Crippen molar-refractivity contribution in [2.75, 3.05) is 12.1 Å². The number of amides is 1. The molecule has 1 aromatic rings. The number of ether oxygens (including phenoxy) is 1. The van der Waals surface area contributed by atoms with E-state index < -0.39 is 5.92 Å². The molecule has 0 fully saturated rings. The molecule has 1 unspecified atom stereocenters. The number of hydrogen-bond donors (Lipinski definition) is 1. The monoisotopic (exact) mass is 243 g/mol. The molecule has 5 heteroatoms. The second kappa shape index (κ2) is 4.80. The maximum atomic E-state index is 12.1. The van der Waals surface area contributed by atoms with Crippen molar-refractivity contribution in [3.05, 3.63) is 36.0 Å². The van der Waals surface area contributed by atoms with Crippen molar-refractivity contribution in [2.45, 2.75) is 6.92 Å². The van der Waals surface area contributed by atoms with E-state index in [0.717, 1.165) is 0 Å². The van der Waals surface area contributed by atoms with Gasteiger partial charge in [0.2, 0.25) is 0 Å². The Labute approximate surface area is 105 Å². The minimum Gasteiger partial charge on any atom is -0.497 e. The van der Waals surface area contributed by atoms with E-state index in [9.17, 15) is 4.79 Å². The molecule has 92 valence electrons. The van der Waals surface area contributed by atoms with E-state index in [4.69, 9.17) is 10.00 Å². The summed E-state index contributed by atoms with van der Waals surface area (Å²) >= 11 is 0. The van der Waals surface area contributed by atoms with Crippen LogP contribution in [0.25, 0.3) is 0 Å². The first kappa shape index (κ1) is 12.0. The van der Waals surface area contributed by atoms with Crippen molar-refractivity contribution in [1.29, 1.82) is 5.26 Å². The van der Waals surface area contributed by atoms with Crippen molar-refractivity contribution in [3.8, 4) is 11.8 Å². The third-order valence-electron chi connectivity index (χ3n) is 2.80. The van der Waals surface area contributed by atoms with E-state index in [2.05, 4.69) is 5.43 Å². The zero-order chi connectivity index (χ0) is 13.1. The van der Waals surface area contributed by atoms with Gasteiger partial charge in [-0.3, -0.25) is 10.2 Å². The Balaban J connectivity index is 2.29. The van der Waals surface area contributed by atoms with Crippen LogP contribution in [0.15, 0.2) is 36.0 Å². The molecule has 1 aromatic carbocycles. The highest BCUT2D eigenvalue weighted by molar-refractivity contribution is 5.98. The van der Waals surface area contributed by atoms with E-state index in [-0.39, 0.29) is 5.91 Å². The molecule has 0 bridgehead atoms. The molecule has 1 N–H and O–H groups in total. The Morgan fingerprint density at radius 2 is 2.06 bits per heavy atom. The highest BCUT2D eigenvalue weighted by Crippen LogP contribution is 2.23. The van der Waals surface area contributed by atoms with Crippen LogP contribution in [0.1, 0.15) is 6.92 Å². The summed E-state index contributed by atoms with van der Waals surface area (Å²) in [6, 6.07) is 9.04. The average Bonchev–Trinajstić information content (AvgIpc) is 2.40. The first-order chi connectivity index (χ1) is 8.67. The highest BCUT2D eigenvalue weighted by Gasteiger charge is 2.30. The molecule has 0 saturated carbocycles. The second-order valence-electron chi connectivity index (χ2n) is 3.95. The normalized spacial score (nSPS) is 18.7. The summed E-state index contributed by atoms with van der Waals surface area (Å²) in [5, 5.41) is 10.4. The predicted octanol–water partition coefficient (Wildman–Crippen LogP) is 1.59. The van der Waals surface area contributed by atoms with Crippen LogP contribution >= 0.6 is 0 Å². The van der Waals surface area contributed by atoms with Gasteiger partial charge >= 0.3 is 0 Å². The molecule has 0 aromatic heterocycles. The van der Waals surface area contributed by atoms with Crippen LogP contribution in [0.5, 0.6) is 5.75 Å². The van der Waals surface area contributed by atoms with Crippen molar-refractivity contribution in [3.63, 3.8) is 0 Å². The Kier molecular flexibility index (Phi) is 3.20. The van der Waals surface area contributed by atoms with Gasteiger partial charge in [0.25, 0.3) is 5.91 Å². The molecule has 1 atom stereocenters. The minimum absolute atomic E-state index is 0.275. The molecule has 1 heterocycles. The molecular formula is C13H13N3O2. The van der Waals surface area contributed by atoms with Gasteiger partial charge < -0.3 is 4.74 Å². The van der Waals surface area contributed by atoms with Gasteiger partial charge in [0.15, 0.2) is 0 Å². The summed E-state index contributed by atoms with van der Waals surface area (Å²) in [4.78, 5) is 12.1. The summed E-state index contributed by atoms with van der Waals surface area (Å²) < 4.78 is 5.05. The number of nitrogens with zero attached hydrogens (tertiary/aromatic N) is 2. The van der Waals surface area contributed by atoms with Gasteiger partial charge in [-0.2, -0.15) is 5.26 Å². The van der Waals surface area contributed by atoms with Crippen molar-refractivity contribution in [1.82, 2.24) is 5.43 Å². The molecule has 0 radical (unpaired) electrons. The lowest BCUT2D eigenvalue weighted by molar-refractivity contribution is -0.120. The highest BCUT2D eigenvalue weighted by atomic mass is 16.5. The number of nitriles is 1. The van der Waals surface area contributed by atoms with Crippen LogP contribution in [0, 0.1) is 17.2 Å². The lowest BCUT2D eigenvalue weighted by atomic mass is 10.0. The van der Waals surface area contributed by atoms with Crippen LogP contribution in [0.3, 0.4) is 0 Å². The van der Waals surface area contributed by atoms with Gasteiger partial charge in [-0.05, 0) is 36.8 Å². The van der Waals surface area contributed by atoms with E-state index >= 15 is 0 Å². The first-order valence-electron chi connectivity index (χ1n) is 5.48. The molecule has 0 saturated heterocycles. The quantitative estimate of drug-likeness (QED) is 0.856. The van der Waals surface area contributed by atoms with Crippen LogP contribution in [-0.4, -0.2) is 13.0 Å². The molecule has 0 spiro atoms. The number of rotatable bonds is 2. The lowest BCUT2D eigenvalue weighted by Crippen LogP contribution is -2.47. The van der Waals surface area contributed by atoms with Gasteiger partial charge in [0, 0.05) is 6.20 Å². The molecule has 18 heavy (non-hydrogen) atoms. The average molecular weight is 243 g/mol. The lowest BCUT2D eigenvalue weighted by Gasteiger charge is -2.29. The fourth-order valence-corrected chi connectivity index (χ4v) is 1.73. The zero-order valence-corrected chi connectivity index (χ0v) is 10.2. The SMILES string of the molecule is COc1ccc(N2NC=C(C)C(C#N)C2=O)cc1. The van der Waals surface area contributed by atoms with E-state index in [1.807, 2.05) is 6.07 Å². The standard InChI is InChI=1S/C13H13N3O2/c1-9-8-15-16(13(17)12(9)7-14)10-3-5-11(18-2)6-4-10/h3-6,8,12,15H,1-2H3. The van der Waals surface area contributed by atoms with Crippen LogP contribution in [0.2, 0.25) is 0 Å². The zero-order valence-electron chi connectivity index (χ0n) is 10.2. The van der Waals surface area contributed by atoms with Crippen LogP contribution < -0.4 is 15.2 Å². The number of carbonyl (C=O) groups excluding carboxylic acids is 1. The number of hydrazine groups is 1. The summed E-state index contributed by atoms with van der Waals surface area (Å²) in [7, 11) is 1.58. The smallest absolute Gasteiger partial charge is 0.267 e. The number of anilines is 1. The topological polar surface area (TPSA) is 65.4 Å². The summed E-state index contributed by atoms with van der Waals surface area (Å²) in [6.07, 6.45) is 1.67. The number of hydrogen-bond acceptors (Lipinski definition) is 4. The number of methoxy groups -OCH3 is 1. The van der Waals surface area contributed by atoms with E-state index in [1.54, 1.807) is 44.5 Å². The van der Waals surface area contributed by atoms with Gasteiger partial charge in [-0.1, -0.05) is 0 Å². The van der Waals surface area contributed by atoms with Gasteiger partial charge in [0.05, 0.1) is 18.9 Å². The Bertz CT molecular complexity index is 528. The van der Waals surface area contributed by atoms with Crippen molar-refractivity contribution < 1.29 is 9.53 Å². The Morgan fingerprint density at radius 1 is 1.39 bits per heavy atom. The first-order valence-corrected chi connectivity index (χ1v) is 5.48. The Hall–Kier alpha value is -2.48. The molecule has 5 nitrogen and oxygen atoms in total. The van der Waals surface area contributed by atoms with Gasteiger partial charge in [0.1, 0.15) is 11.7 Å². The van der Waals surface area contributed by atoms with E-state index in [0.29, 0.717) is 17.0 Å². The maximum Gasteiger partial charge on any atom is 0.267 e. The van der Waals surface area contributed by atoms with Crippen LogP contribution in [-0.2, 0) is 4.79 Å². The third kappa shape index (κ3) is 2.00. The number of carbonyl (C=O) groups is 1. The molecule has 1 aliphatic heterocycles. The molecule has 0 aliphatic carbocycles. The van der Waals surface area contributed by atoms with Gasteiger partial charge in [-0.15, -0.1) is 0 Å². The fourth-order valence-electron chi connectivity index (χ4n) is 1.73. The number of benzene rings is 1. The largest absolute Gasteiger partial charge is 0.497 e. The summed E-state index contributed by atoms with van der Waals surface area (Å²) in [5.41, 5.74) is 4.25. The number of nitrogens with one attached hydrogen (secondary N) is 1. The minimum atomic E-state index is -0.728.